The number of nitrogens with one attached hydrogen (secondary N) is 1. The summed E-state index contributed by atoms with van der Waals surface area (Å²) in [6, 6.07) is 9.88. The molecule has 0 spiro atoms. The van der Waals surface area contributed by atoms with Crippen molar-refractivity contribution in [3.05, 3.63) is 36.2 Å². The highest BCUT2D eigenvalue weighted by Crippen LogP contribution is 2.19. The zero-order valence-electron chi connectivity index (χ0n) is 9.58. The minimum atomic E-state index is 0.404. The van der Waals surface area contributed by atoms with Crippen LogP contribution in [0.1, 0.15) is 24.6 Å². The minimum Gasteiger partial charge on any atom is -0.316 e. The number of piperidine rings is 1. The first-order chi connectivity index (χ1) is 8.43. The van der Waals surface area contributed by atoms with E-state index in [1.165, 1.54) is 6.42 Å². The van der Waals surface area contributed by atoms with Crippen molar-refractivity contribution >= 4 is 0 Å². The van der Waals surface area contributed by atoms with E-state index >= 15 is 0 Å². The molecule has 17 heavy (non-hydrogen) atoms. The summed E-state index contributed by atoms with van der Waals surface area (Å²) in [5.41, 5.74) is 0.954. The normalized spacial score (nSPS) is 20.4. The highest BCUT2D eigenvalue weighted by molar-refractivity contribution is 5.28. The molecule has 2 aromatic rings. The SMILES string of the molecule is c1ccc(-n2nnc(C3CCCNC3)n2)cc1. The summed E-state index contributed by atoms with van der Waals surface area (Å²) in [6.45, 7) is 2.06. The van der Waals surface area contributed by atoms with E-state index in [1.54, 1.807) is 4.80 Å². The van der Waals surface area contributed by atoms with Gasteiger partial charge in [-0.25, -0.2) is 0 Å². The molecule has 1 N–H and O–H groups in total. The van der Waals surface area contributed by atoms with Crippen LogP contribution in [0, 0.1) is 0 Å². The van der Waals surface area contributed by atoms with Crippen LogP contribution in [0.25, 0.3) is 5.69 Å². The van der Waals surface area contributed by atoms with Crippen molar-refractivity contribution in [2.45, 2.75) is 18.8 Å². The van der Waals surface area contributed by atoms with Crippen LogP contribution in [0.15, 0.2) is 30.3 Å². The molecule has 0 saturated carbocycles. The number of hydrogen-bond donors (Lipinski definition) is 1. The van der Waals surface area contributed by atoms with Gasteiger partial charge in [0.05, 0.1) is 5.69 Å². The Morgan fingerprint density at radius 1 is 1.24 bits per heavy atom. The minimum absolute atomic E-state index is 0.404. The van der Waals surface area contributed by atoms with Gasteiger partial charge in [-0.3, -0.25) is 0 Å². The molecule has 2 heterocycles. The highest BCUT2D eigenvalue weighted by atomic mass is 15.6. The van der Waals surface area contributed by atoms with E-state index in [0.717, 1.165) is 31.0 Å². The highest BCUT2D eigenvalue weighted by Gasteiger charge is 2.19. The van der Waals surface area contributed by atoms with Gasteiger partial charge in [-0.15, -0.1) is 15.0 Å². The van der Waals surface area contributed by atoms with Crippen LogP contribution in [0.2, 0.25) is 0 Å². The molecule has 1 aromatic carbocycles. The van der Waals surface area contributed by atoms with Gasteiger partial charge in [0, 0.05) is 12.5 Å². The van der Waals surface area contributed by atoms with Crippen LogP contribution < -0.4 is 5.32 Å². The molecule has 3 rings (SSSR count). The molecule has 1 saturated heterocycles. The molecule has 5 nitrogen and oxygen atoms in total. The molecule has 0 amide bonds. The van der Waals surface area contributed by atoms with Crippen LogP contribution in [-0.2, 0) is 0 Å². The smallest absolute Gasteiger partial charge is 0.179 e. The second-order valence-corrected chi connectivity index (χ2v) is 4.32. The Labute approximate surface area is 99.8 Å². The fraction of sp³-hybridized carbons (Fsp3) is 0.417. The van der Waals surface area contributed by atoms with Crippen LogP contribution in [-0.4, -0.2) is 33.3 Å². The van der Waals surface area contributed by atoms with Crippen LogP contribution in [0.3, 0.4) is 0 Å². The predicted octanol–water partition coefficient (Wildman–Crippen LogP) is 1.13. The maximum Gasteiger partial charge on any atom is 0.179 e. The predicted molar refractivity (Wildman–Crippen MR) is 64.0 cm³/mol. The molecule has 88 valence electrons. The Kier molecular flexibility index (Phi) is 2.83. The van der Waals surface area contributed by atoms with E-state index in [4.69, 9.17) is 0 Å². The summed E-state index contributed by atoms with van der Waals surface area (Å²) >= 11 is 0. The van der Waals surface area contributed by atoms with Crippen molar-refractivity contribution in [2.24, 2.45) is 0 Å². The molecule has 0 radical (unpaired) electrons. The number of para-hydroxylation sites is 1. The molecule has 1 aliphatic heterocycles. The van der Waals surface area contributed by atoms with Gasteiger partial charge >= 0.3 is 0 Å². The van der Waals surface area contributed by atoms with Crippen molar-refractivity contribution in [3.8, 4) is 5.69 Å². The lowest BCUT2D eigenvalue weighted by atomic mass is 9.99. The second-order valence-electron chi connectivity index (χ2n) is 4.32. The van der Waals surface area contributed by atoms with Crippen molar-refractivity contribution in [3.63, 3.8) is 0 Å². The molecule has 1 unspecified atom stereocenters. The molecule has 1 atom stereocenters. The van der Waals surface area contributed by atoms with E-state index in [9.17, 15) is 0 Å². The number of hydrogen-bond acceptors (Lipinski definition) is 4. The Morgan fingerprint density at radius 2 is 2.12 bits per heavy atom. The lowest BCUT2D eigenvalue weighted by molar-refractivity contribution is 0.446. The monoisotopic (exact) mass is 229 g/mol. The first kappa shape index (κ1) is 10.4. The summed E-state index contributed by atoms with van der Waals surface area (Å²) in [7, 11) is 0. The third-order valence-corrected chi connectivity index (χ3v) is 3.08. The average molecular weight is 229 g/mol. The standard InChI is InChI=1S/C12H15N5/c1-2-6-11(7-3-1)17-15-12(14-16-17)10-5-4-8-13-9-10/h1-3,6-7,10,13H,4-5,8-9H2. The van der Waals surface area contributed by atoms with E-state index in [-0.39, 0.29) is 0 Å². The maximum atomic E-state index is 4.46. The van der Waals surface area contributed by atoms with E-state index < -0.39 is 0 Å². The van der Waals surface area contributed by atoms with Gasteiger partial charge in [0.1, 0.15) is 0 Å². The lowest BCUT2D eigenvalue weighted by Gasteiger charge is -2.19. The number of benzene rings is 1. The fourth-order valence-corrected chi connectivity index (χ4v) is 2.13. The van der Waals surface area contributed by atoms with Gasteiger partial charge in [-0.1, -0.05) is 18.2 Å². The number of rotatable bonds is 2. The topological polar surface area (TPSA) is 55.6 Å². The van der Waals surface area contributed by atoms with Gasteiger partial charge in [0.2, 0.25) is 0 Å². The number of nitrogens with zero attached hydrogens (tertiary/aromatic N) is 4. The molecular formula is C12H15N5. The second kappa shape index (κ2) is 4.63. The Balaban J connectivity index is 1.83. The van der Waals surface area contributed by atoms with E-state index in [1.807, 2.05) is 30.3 Å². The third kappa shape index (κ3) is 2.19. The first-order valence-electron chi connectivity index (χ1n) is 5.99. The zero-order chi connectivity index (χ0) is 11.5. The Bertz CT molecular complexity index is 473. The van der Waals surface area contributed by atoms with E-state index in [0.29, 0.717) is 5.92 Å². The number of aromatic nitrogens is 4. The van der Waals surface area contributed by atoms with Crippen LogP contribution in [0.5, 0.6) is 0 Å². The fourth-order valence-electron chi connectivity index (χ4n) is 2.13. The lowest BCUT2D eigenvalue weighted by Crippen LogP contribution is -2.29. The summed E-state index contributed by atoms with van der Waals surface area (Å²) < 4.78 is 0. The summed E-state index contributed by atoms with van der Waals surface area (Å²) in [5, 5.41) is 16.1. The van der Waals surface area contributed by atoms with Gasteiger partial charge in [-0.2, -0.15) is 0 Å². The van der Waals surface area contributed by atoms with Crippen LogP contribution >= 0.6 is 0 Å². The van der Waals surface area contributed by atoms with Crippen molar-refractivity contribution in [1.82, 2.24) is 25.5 Å². The summed E-state index contributed by atoms with van der Waals surface area (Å²) in [6.07, 6.45) is 2.33. The van der Waals surface area contributed by atoms with E-state index in [2.05, 4.69) is 20.7 Å². The Hall–Kier alpha value is -1.75. The molecular weight excluding hydrogens is 214 g/mol. The number of tetrazole rings is 1. The quantitative estimate of drug-likeness (QED) is 0.838. The van der Waals surface area contributed by atoms with Crippen molar-refractivity contribution in [1.29, 1.82) is 0 Å². The maximum absolute atomic E-state index is 4.46. The molecule has 5 heteroatoms. The summed E-state index contributed by atoms with van der Waals surface area (Å²) in [4.78, 5) is 1.60. The zero-order valence-corrected chi connectivity index (χ0v) is 9.58. The summed E-state index contributed by atoms with van der Waals surface area (Å²) in [5.74, 6) is 1.25. The first-order valence-corrected chi connectivity index (χ1v) is 5.99. The largest absolute Gasteiger partial charge is 0.316 e. The molecule has 1 aliphatic rings. The molecule has 1 aromatic heterocycles. The van der Waals surface area contributed by atoms with Gasteiger partial charge in [-0.05, 0) is 36.7 Å². The van der Waals surface area contributed by atoms with Gasteiger partial charge in [0.15, 0.2) is 5.82 Å². The average Bonchev–Trinajstić information content (AvgIpc) is 2.90. The van der Waals surface area contributed by atoms with Crippen LogP contribution in [0.4, 0.5) is 0 Å². The third-order valence-electron chi connectivity index (χ3n) is 3.08. The van der Waals surface area contributed by atoms with Gasteiger partial charge < -0.3 is 5.32 Å². The van der Waals surface area contributed by atoms with Crippen molar-refractivity contribution < 1.29 is 0 Å². The Morgan fingerprint density at radius 3 is 2.88 bits per heavy atom. The molecule has 0 bridgehead atoms. The van der Waals surface area contributed by atoms with Crippen molar-refractivity contribution in [2.75, 3.05) is 13.1 Å². The molecule has 0 aliphatic carbocycles. The van der Waals surface area contributed by atoms with Gasteiger partial charge in [0.25, 0.3) is 0 Å². The molecule has 1 fully saturated rings.